The Kier molecular flexibility index (Phi) is 4.16. The van der Waals surface area contributed by atoms with E-state index in [-0.39, 0.29) is 16.6 Å². The van der Waals surface area contributed by atoms with Gasteiger partial charge in [0, 0.05) is 25.5 Å². The zero-order chi connectivity index (χ0) is 14.0. The molecule has 1 aromatic heterocycles. The van der Waals surface area contributed by atoms with Gasteiger partial charge in [-0.25, -0.2) is 9.78 Å². The van der Waals surface area contributed by atoms with E-state index in [0.717, 1.165) is 30.8 Å². The van der Waals surface area contributed by atoms with Crippen molar-refractivity contribution >= 4 is 23.2 Å². The summed E-state index contributed by atoms with van der Waals surface area (Å²) in [4.78, 5) is 30.6. The summed E-state index contributed by atoms with van der Waals surface area (Å²) < 4.78 is 0. The van der Waals surface area contributed by atoms with Gasteiger partial charge in [-0.3, -0.25) is 4.79 Å². The van der Waals surface area contributed by atoms with Gasteiger partial charge in [-0.1, -0.05) is 0 Å². The summed E-state index contributed by atoms with van der Waals surface area (Å²) in [5.74, 6) is -0.819. The molecule has 0 aromatic carbocycles. The van der Waals surface area contributed by atoms with Crippen molar-refractivity contribution in [1.29, 1.82) is 0 Å². The minimum atomic E-state index is -1.10. The van der Waals surface area contributed by atoms with Gasteiger partial charge < -0.3 is 14.9 Å². The minimum absolute atomic E-state index is 0.0673. The monoisotopic (exact) mass is 283 g/mol. The summed E-state index contributed by atoms with van der Waals surface area (Å²) in [6.45, 7) is 2.74. The van der Waals surface area contributed by atoms with E-state index in [4.69, 9.17) is 5.11 Å². The maximum absolute atomic E-state index is 12.1. The molecule has 7 heteroatoms. The van der Waals surface area contributed by atoms with Crippen LogP contribution >= 0.6 is 11.3 Å². The van der Waals surface area contributed by atoms with E-state index in [9.17, 15) is 9.59 Å². The molecule has 2 rings (SSSR count). The smallest absolute Gasteiger partial charge is 0.355 e. The van der Waals surface area contributed by atoms with Crippen molar-refractivity contribution in [3.8, 4) is 0 Å². The number of aromatic carboxylic acids is 1. The highest BCUT2D eigenvalue weighted by Crippen LogP contribution is 2.17. The van der Waals surface area contributed by atoms with E-state index < -0.39 is 5.97 Å². The maximum atomic E-state index is 12.1. The van der Waals surface area contributed by atoms with Crippen LogP contribution in [-0.2, 0) is 0 Å². The third kappa shape index (κ3) is 3.30. The van der Waals surface area contributed by atoms with E-state index >= 15 is 0 Å². The number of carboxylic acids is 1. The molecule has 0 spiro atoms. The van der Waals surface area contributed by atoms with Crippen LogP contribution in [0, 0.1) is 5.92 Å². The fraction of sp³-hybridized carbons (Fsp3) is 0.583. The molecule has 0 bridgehead atoms. The molecule has 104 valence electrons. The summed E-state index contributed by atoms with van der Waals surface area (Å²) in [6, 6.07) is 0. The molecular weight excluding hydrogens is 266 g/mol. The number of thiazole rings is 1. The Labute approximate surface area is 115 Å². The molecule has 1 atom stereocenters. The van der Waals surface area contributed by atoms with Gasteiger partial charge in [0.05, 0.1) is 0 Å². The second-order valence-corrected chi connectivity index (χ2v) is 5.80. The summed E-state index contributed by atoms with van der Waals surface area (Å²) in [5.41, 5.74) is -0.0673. The van der Waals surface area contributed by atoms with Crippen LogP contribution < -0.4 is 0 Å². The molecule has 1 unspecified atom stereocenters. The predicted molar refractivity (Wildman–Crippen MR) is 71.6 cm³/mol. The minimum Gasteiger partial charge on any atom is -0.476 e. The summed E-state index contributed by atoms with van der Waals surface area (Å²) in [5, 5.41) is 10.4. The molecule has 1 aromatic rings. The Morgan fingerprint density at radius 2 is 2.37 bits per heavy atom. The van der Waals surface area contributed by atoms with Gasteiger partial charge in [0.2, 0.25) is 0 Å². The van der Waals surface area contributed by atoms with E-state index in [1.54, 1.807) is 11.9 Å². The number of likely N-dealkylation sites (tertiary alicyclic amines) is 1. The first-order valence-corrected chi connectivity index (χ1v) is 6.98. The third-order valence-electron chi connectivity index (χ3n) is 3.27. The molecule has 0 radical (unpaired) electrons. The number of rotatable bonds is 4. The molecule has 1 fully saturated rings. The first-order chi connectivity index (χ1) is 8.97. The van der Waals surface area contributed by atoms with Crippen molar-refractivity contribution in [3.05, 3.63) is 16.1 Å². The van der Waals surface area contributed by atoms with Crippen molar-refractivity contribution < 1.29 is 14.7 Å². The molecule has 1 saturated heterocycles. The van der Waals surface area contributed by atoms with Crippen LogP contribution in [0.4, 0.5) is 0 Å². The second-order valence-electron chi connectivity index (χ2n) is 4.95. The fourth-order valence-corrected chi connectivity index (χ4v) is 3.06. The van der Waals surface area contributed by atoms with Gasteiger partial charge in [-0.2, -0.15) is 0 Å². The maximum Gasteiger partial charge on any atom is 0.355 e. The lowest BCUT2D eigenvalue weighted by Crippen LogP contribution is -2.32. The van der Waals surface area contributed by atoms with E-state index in [1.807, 2.05) is 0 Å². The standard InChI is InChI=1S/C12H17N3O3S/c1-14-4-3-8(5-14)6-15(2)11(16)10-13-9(7-19-10)12(17)18/h7-8H,3-6H2,1-2H3,(H,17,18). The van der Waals surface area contributed by atoms with E-state index in [2.05, 4.69) is 16.9 Å². The molecule has 19 heavy (non-hydrogen) atoms. The average molecular weight is 283 g/mol. The number of nitrogens with zero attached hydrogens (tertiary/aromatic N) is 3. The number of carboxylic acid groups (broad SMARTS) is 1. The van der Waals surface area contributed by atoms with Gasteiger partial charge in [0.1, 0.15) is 0 Å². The molecular formula is C12H17N3O3S. The quantitative estimate of drug-likeness (QED) is 0.887. The number of hydrogen-bond acceptors (Lipinski definition) is 5. The number of aromatic nitrogens is 1. The highest BCUT2D eigenvalue weighted by Gasteiger charge is 2.24. The molecule has 0 saturated carbocycles. The average Bonchev–Trinajstić information content (AvgIpc) is 2.97. The Balaban J connectivity index is 1.96. The molecule has 1 aliphatic rings. The lowest BCUT2D eigenvalue weighted by atomic mass is 10.1. The first-order valence-electron chi connectivity index (χ1n) is 6.10. The molecule has 1 amide bonds. The Morgan fingerprint density at radius 3 is 2.89 bits per heavy atom. The second kappa shape index (κ2) is 5.66. The van der Waals surface area contributed by atoms with Crippen molar-refractivity contribution in [1.82, 2.24) is 14.8 Å². The number of amides is 1. The highest BCUT2D eigenvalue weighted by molar-refractivity contribution is 7.11. The van der Waals surface area contributed by atoms with Crippen LogP contribution in [-0.4, -0.2) is 65.5 Å². The lowest BCUT2D eigenvalue weighted by molar-refractivity contribution is 0.0691. The topological polar surface area (TPSA) is 73.7 Å². The van der Waals surface area contributed by atoms with Crippen molar-refractivity contribution in [2.75, 3.05) is 33.7 Å². The van der Waals surface area contributed by atoms with Crippen LogP contribution in [0.3, 0.4) is 0 Å². The van der Waals surface area contributed by atoms with Crippen LogP contribution in [0.1, 0.15) is 26.7 Å². The Hall–Kier alpha value is -1.47. The Morgan fingerprint density at radius 1 is 1.63 bits per heavy atom. The molecule has 0 aliphatic carbocycles. The SMILES string of the molecule is CN1CCC(CN(C)C(=O)c2nc(C(=O)O)cs2)C1. The van der Waals surface area contributed by atoms with Gasteiger partial charge in [-0.05, 0) is 25.9 Å². The molecule has 1 aliphatic heterocycles. The molecule has 1 N–H and O–H groups in total. The normalized spacial score (nSPS) is 19.6. The molecule has 6 nitrogen and oxygen atoms in total. The van der Waals surface area contributed by atoms with Crippen molar-refractivity contribution in [2.45, 2.75) is 6.42 Å². The largest absolute Gasteiger partial charge is 0.476 e. The van der Waals surface area contributed by atoms with Crippen molar-refractivity contribution in [3.63, 3.8) is 0 Å². The highest BCUT2D eigenvalue weighted by atomic mass is 32.1. The summed E-state index contributed by atoms with van der Waals surface area (Å²) in [6.07, 6.45) is 1.09. The van der Waals surface area contributed by atoms with Crippen LogP contribution in [0.25, 0.3) is 0 Å². The van der Waals surface area contributed by atoms with E-state index in [1.165, 1.54) is 5.38 Å². The number of carbonyl (C=O) groups excluding carboxylic acids is 1. The van der Waals surface area contributed by atoms with Gasteiger partial charge in [0.15, 0.2) is 10.7 Å². The summed E-state index contributed by atoms with van der Waals surface area (Å²) >= 11 is 1.08. The zero-order valence-corrected chi connectivity index (χ0v) is 11.8. The summed E-state index contributed by atoms with van der Waals surface area (Å²) in [7, 11) is 3.81. The number of carbonyl (C=O) groups is 2. The van der Waals surface area contributed by atoms with Gasteiger partial charge in [-0.15, -0.1) is 11.3 Å². The third-order valence-corrected chi connectivity index (χ3v) is 4.10. The van der Waals surface area contributed by atoms with Crippen LogP contribution in [0.15, 0.2) is 5.38 Å². The fourth-order valence-electron chi connectivity index (χ4n) is 2.28. The Bertz CT molecular complexity index is 488. The molecule has 2 heterocycles. The van der Waals surface area contributed by atoms with Gasteiger partial charge >= 0.3 is 5.97 Å². The van der Waals surface area contributed by atoms with Crippen LogP contribution in [0.5, 0.6) is 0 Å². The predicted octanol–water partition coefficient (Wildman–Crippen LogP) is 0.865. The number of hydrogen-bond donors (Lipinski definition) is 1. The lowest BCUT2D eigenvalue weighted by Gasteiger charge is -2.20. The van der Waals surface area contributed by atoms with Crippen LogP contribution in [0.2, 0.25) is 0 Å². The van der Waals surface area contributed by atoms with Gasteiger partial charge in [0.25, 0.3) is 5.91 Å². The van der Waals surface area contributed by atoms with E-state index in [0.29, 0.717) is 12.5 Å². The first kappa shape index (κ1) is 14.0. The van der Waals surface area contributed by atoms with Crippen molar-refractivity contribution in [2.24, 2.45) is 5.92 Å². The zero-order valence-electron chi connectivity index (χ0n) is 11.0.